The van der Waals surface area contributed by atoms with Gasteiger partial charge < -0.3 is 5.73 Å². The number of nitrogens with two attached hydrogens (primary N) is 1. The van der Waals surface area contributed by atoms with Crippen LogP contribution in [0.5, 0.6) is 0 Å². The van der Waals surface area contributed by atoms with E-state index >= 15 is 0 Å². The fraction of sp³-hybridized carbons (Fsp3) is 0.500. The van der Waals surface area contributed by atoms with E-state index in [-0.39, 0.29) is 22.6 Å². The van der Waals surface area contributed by atoms with Crippen molar-refractivity contribution in [3.8, 4) is 0 Å². The van der Waals surface area contributed by atoms with Crippen LogP contribution in [0.25, 0.3) is 0 Å². The molecule has 140 valence electrons. The number of amides is 1. The van der Waals surface area contributed by atoms with Crippen LogP contribution >= 0.6 is 27.7 Å². The predicted molar refractivity (Wildman–Crippen MR) is 114 cm³/mol. The van der Waals surface area contributed by atoms with E-state index in [1.807, 2.05) is 6.92 Å². The lowest BCUT2D eigenvalue weighted by atomic mass is 9.71. The molecule has 1 amide bonds. The van der Waals surface area contributed by atoms with Gasteiger partial charge in [-0.25, -0.2) is 4.99 Å². The molecule has 1 unspecified atom stereocenters. The van der Waals surface area contributed by atoms with Gasteiger partial charge in [0, 0.05) is 16.8 Å². The van der Waals surface area contributed by atoms with Crippen LogP contribution in [-0.4, -0.2) is 35.1 Å². The largest absolute Gasteiger partial charge is 0.369 e. The van der Waals surface area contributed by atoms with E-state index in [0.29, 0.717) is 5.96 Å². The molecule has 4 nitrogen and oxygen atoms in total. The zero-order valence-corrected chi connectivity index (χ0v) is 18.3. The summed E-state index contributed by atoms with van der Waals surface area (Å²) in [6, 6.07) is 8.21. The first-order valence-electron chi connectivity index (χ1n) is 8.77. The molecule has 1 aromatic carbocycles. The molecule has 0 radical (unpaired) electrons. The molecule has 2 heterocycles. The summed E-state index contributed by atoms with van der Waals surface area (Å²) >= 11 is 5.30. The first-order valence-corrected chi connectivity index (χ1v) is 10.5. The third-order valence-electron chi connectivity index (χ3n) is 5.43. The molecule has 1 aromatic rings. The number of halogens is 1. The molecule has 2 aliphatic heterocycles. The zero-order valence-electron chi connectivity index (χ0n) is 15.9. The molecule has 3 rings (SSSR count). The number of benzene rings is 1. The SMILES string of the molecule is CN1C(=O)[C@](C)(c2ccc(C(C)(C)C)cc2)[C@@H](C2CC(Br)=CS2)N=C1N. The number of hydrogen-bond acceptors (Lipinski definition) is 4. The lowest BCUT2D eigenvalue weighted by Gasteiger charge is -2.43. The third-order valence-corrected chi connectivity index (χ3v) is 7.48. The summed E-state index contributed by atoms with van der Waals surface area (Å²) in [5, 5.41) is 2.29. The molecular formula is C20H26BrN3OS. The number of likely N-dealkylation sites (N-methyl/N-ethyl adjacent to an activating group) is 1. The van der Waals surface area contributed by atoms with Crippen molar-refractivity contribution in [3.63, 3.8) is 0 Å². The molecule has 0 bridgehead atoms. The van der Waals surface area contributed by atoms with E-state index in [4.69, 9.17) is 10.7 Å². The fourth-order valence-corrected chi connectivity index (χ4v) is 5.70. The van der Waals surface area contributed by atoms with Gasteiger partial charge in [-0.15, -0.1) is 11.8 Å². The Labute approximate surface area is 168 Å². The summed E-state index contributed by atoms with van der Waals surface area (Å²) < 4.78 is 1.15. The number of aliphatic imine (C=N–C) groups is 1. The van der Waals surface area contributed by atoms with Crippen LogP contribution in [-0.2, 0) is 15.6 Å². The summed E-state index contributed by atoms with van der Waals surface area (Å²) in [4.78, 5) is 19.6. The van der Waals surface area contributed by atoms with E-state index in [1.54, 1.807) is 18.8 Å². The maximum absolute atomic E-state index is 13.3. The molecule has 0 spiro atoms. The molecule has 26 heavy (non-hydrogen) atoms. The van der Waals surface area contributed by atoms with E-state index in [0.717, 1.165) is 16.5 Å². The summed E-state index contributed by atoms with van der Waals surface area (Å²) in [5.74, 6) is 0.301. The molecule has 3 atom stereocenters. The third kappa shape index (κ3) is 3.22. The van der Waals surface area contributed by atoms with Crippen LogP contribution in [0.1, 0.15) is 45.2 Å². The van der Waals surface area contributed by atoms with Crippen molar-refractivity contribution in [2.75, 3.05) is 7.05 Å². The van der Waals surface area contributed by atoms with Crippen molar-refractivity contribution in [2.45, 2.75) is 56.2 Å². The molecule has 6 heteroatoms. The highest BCUT2D eigenvalue weighted by atomic mass is 79.9. The molecule has 2 N–H and O–H groups in total. The minimum atomic E-state index is -0.739. The Hall–Kier alpha value is -1.27. The first-order chi connectivity index (χ1) is 12.0. The first kappa shape index (κ1) is 19.5. The van der Waals surface area contributed by atoms with Crippen molar-refractivity contribution in [1.82, 2.24) is 4.90 Å². The number of allylic oxidation sites excluding steroid dienone is 1. The van der Waals surface area contributed by atoms with Crippen LogP contribution in [0.15, 0.2) is 39.1 Å². The number of rotatable bonds is 2. The van der Waals surface area contributed by atoms with Crippen LogP contribution in [0.3, 0.4) is 0 Å². The Bertz CT molecular complexity index is 781. The molecular weight excluding hydrogens is 410 g/mol. The Balaban J connectivity index is 2.06. The number of guanidine groups is 1. The topological polar surface area (TPSA) is 58.7 Å². The van der Waals surface area contributed by atoms with Gasteiger partial charge in [0.1, 0.15) is 0 Å². The second kappa shape index (κ2) is 6.71. The molecule has 0 fully saturated rings. The summed E-state index contributed by atoms with van der Waals surface area (Å²) in [5.41, 5.74) is 7.64. The van der Waals surface area contributed by atoms with Crippen LogP contribution in [0, 0.1) is 0 Å². The lowest BCUT2D eigenvalue weighted by Crippen LogP contribution is -2.60. The van der Waals surface area contributed by atoms with Gasteiger partial charge in [0.2, 0.25) is 5.91 Å². The smallest absolute Gasteiger partial charge is 0.241 e. The van der Waals surface area contributed by atoms with Crippen LogP contribution in [0.4, 0.5) is 0 Å². The van der Waals surface area contributed by atoms with Crippen molar-refractivity contribution >= 4 is 39.6 Å². The standard InChI is InChI=1S/C20H26BrN3OS/c1-19(2,3)12-6-8-13(9-7-12)20(4)16(15-10-14(21)11-26-15)23-18(22)24(5)17(20)25/h6-9,11,15-16H,10H2,1-5H3,(H2,22,23)/t15?,16-,20-/m1/s1. The number of carbonyl (C=O) groups is 1. The van der Waals surface area contributed by atoms with Gasteiger partial charge in [0.05, 0.1) is 11.5 Å². The Morgan fingerprint density at radius 1 is 1.31 bits per heavy atom. The van der Waals surface area contributed by atoms with E-state index in [1.165, 1.54) is 10.5 Å². The number of carbonyl (C=O) groups excluding carboxylic acids is 1. The average molecular weight is 436 g/mol. The molecule has 2 aliphatic rings. The molecule has 0 saturated carbocycles. The monoisotopic (exact) mass is 435 g/mol. The van der Waals surface area contributed by atoms with Gasteiger partial charge in [0.15, 0.2) is 5.96 Å². The van der Waals surface area contributed by atoms with E-state index < -0.39 is 5.41 Å². The lowest BCUT2D eigenvalue weighted by molar-refractivity contribution is -0.133. The van der Waals surface area contributed by atoms with Crippen molar-refractivity contribution in [1.29, 1.82) is 0 Å². The van der Waals surface area contributed by atoms with Gasteiger partial charge in [-0.2, -0.15) is 0 Å². The van der Waals surface area contributed by atoms with Gasteiger partial charge >= 0.3 is 0 Å². The number of thioether (sulfide) groups is 1. The second-order valence-corrected chi connectivity index (χ2v) is 10.4. The maximum Gasteiger partial charge on any atom is 0.241 e. The quantitative estimate of drug-likeness (QED) is 0.758. The minimum Gasteiger partial charge on any atom is -0.369 e. The highest BCUT2D eigenvalue weighted by molar-refractivity contribution is 9.11. The molecule has 0 aromatic heterocycles. The zero-order chi connectivity index (χ0) is 19.3. The van der Waals surface area contributed by atoms with Crippen molar-refractivity contribution in [3.05, 3.63) is 45.3 Å². The highest BCUT2D eigenvalue weighted by Crippen LogP contribution is 2.45. The van der Waals surface area contributed by atoms with Crippen molar-refractivity contribution in [2.24, 2.45) is 10.7 Å². The van der Waals surface area contributed by atoms with Gasteiger partial charge in [-0.1, -0.05) is 61.0 Å². The predicted octanol–water partition coefficient (Wildman–Crippen LogP) is 4.14. The van der Waals surface area contributed by atoms with Crippen LogP contribution < -0.4 is 5.73 Å². The number of hydrogen-bond donors (Lipinski definition) is 1. The summed E-state index contributed by atoms with van der Waals surface area (Å²) in [6.45, 7) is 8.57. The van der Waals surface area contributed by atoms with Gasteiger partial charge in [-0.05, 0) is 35.3 Å². The van der Waals surface area contributed by atoms with Crippen LogP contribution in [0.2, 0.25) is 0 Å². The number of nitrogens with zero attached hydrogens (tertiary/aromatic N) is 2. The molecule has 0 saturated heterocycles. The van der Waals surface area contributed by atoms with E-state index in [2.05, 4.69) is 66.4 Å². The normalized spacial score (nSPS) is 29.6. The van der Waals surface area contributed by atoms with Gasteiger partial charge in [-0.3, -0.25) is 9.69 Å². The van der Waals surface area contributed by atoms with E-state index in [9.17, 15) is 4.79 Å². The molecule has 0 aliphatic carbocycles. The van der Waals surface area contributed by atoms with Crippen molar-refractivity contribution < 1.29 is 4.79 Å². The Morgan fingerprint density at radius 2 is 1.92 bits per heavy atom. The summed E-state index contributed by atoms with van der Waals surface area (Å²) in [7, 11) is 1.70. The maximum atomic E-state index is 13.3. The summed E-state index contributed by atoms with van der Waals surface area (Å²) in [6.07, 6.45) is 0.860. The average Bonchev–Trinajstić information content (AvgIpc) is 3.01. The fourth-order valence-electron chi connectivity index (χ4n) is 3.64. The Morgan fingerprint density at radius 3 is 2.42 bits per heavy atom. The Kier molecular flexibility index (Phi) is 5.03. The second-order valence-electron chi connectivity index (χ2n) is 8.27. The highest BCUT2D eigenvalue weighted by Gasteiger charge is 2.52. The minimum absolute atomic E-state index is 0.00197. The van der Waals surface area contributed by atoms with Gasteiger partial charge in [0.25, 0.3) is 0 Å².